The van der Waals surface area contributed by atoms with E-state index in [0.29, 0.717) is 30.1 Å². The molecule has 0 radical (unpaired) electrons. The van der Waals surface area contributed by atoms with Gasteiger partial charge < -0.3 is 0 Å². The molecule has 15 heteroatoms. The van der Waals surface area contributed by atoms with E-state index in [0.717, 1.165) is 31.5 Å². The summed E-state index contributed by atoms with van der Waals surface area (Å²) in [5, 5.41) is -0.0759. The zero-order chi connectivity index (χ0) is 27.8. The van der Waals surface area contributed by atoms with Crippen molar-refractivity contribution in [3.05, 3.63) is 94.7 Å². The van der Waals surface area contributed by atoms with E-state index < -0.39 is 50.7 Å². The van der Waals surface area contributed by atoms with Gasteiger partial charge in [0.05, 0.1) is 33.4 Å². The molecule has 0 N–H and O–H groups in total. The van der Waals surface area contributed by atoms with Crippen molar-refractivity contribution in [3.8, 4) is 5.69 Å². The van der Waals surface area contributed by atoms with Gasteiger partial charge in [0.1, 0.15) is 0 Å². The molecule has 196 valence electrons. The Labute approximate surface area is 228 Å². The standard InChI is InChI=1S/C22H15Cl4F2N3O5S/c1-29-18(21(27)28)10-20(33)30(22(29)34)16-9-17(15(26)8-14(16)25)31(37(2,35)36)19(32)6-4-11-3-5-12(23)7-13(11)24/h3-10,21H,1-2H3/b6-4+. The quantitative estimate of drug-likeness (QED) is 0.361. The first kappa shape index (κ1) is 28.9. The Hall–Kier alpha value is -2.70. The number of hydrogen-bond acceptors (Lipinski definition) is 5. The number of carbonyl (C=O) groups is 1. The molecule has 2 aromatic carbocycles. The fourth-order valence-corrected chi connectivity index (χ4v) is 5.22. The summed E-state index contributed by atoms with van der Waals surface area (Å²) in [6, 6.07) is 6.88. The number of aromatic nitrogens is 2. The van der Waals surface area contributed by atoms with Crippen LogP contribution in [0.4, 0.5) is 14.5 Å². The third kappa shape index (κ3) is 6.07. The van der Waals surface area contributed by atoms with E-state index in [2.05, 4.69) is 0 Å². The summed E-state index contributed by atoms with van der Waals surface area (Å²) in [6.07, 6.45) is -0.242. The highest BCUT2D eigenvalue weighted by molar-refractivity contribution is 7.92. The molecular formula is C22H15Cl4F2N3O5S. The van der Waals surface area contributed by atoms with Crippen molar-refractivity contribution in [2.45, 2.75) is 6.43 Å². The number of rotatable bonds is 6. The topological polar surface area (TPSA) is 98.4 Å². The minimum absolute atomic E-state index is 0.191. The lowest BCUT2D eigenvalue weighted by atomic mass is 10.2. The maximum atomic E-state index is 13.2. The minimum Gasteiger partial charge on any atom is -0.295 e. The van der Waals surface area contributed by atoms with Crippen molar-refractivity contribution in [1.82, 2.24) is 9.13 Å². The van der Waals surface area contributed by atoms with Crippen molar-refractivity contribution >= 4 is 74.1 Å². The van der Waals surface area contributed by atoms with Crippen LogP contribution in [0.1, 0.15) is 17.7 Å². The molecule has 0 saturated carbocycles. The van der Waals surface area contributed by atoms with Gasteiger partial charge in [0.25, 0.3) is 17.9 Å². The normalized spacial score (nSPS) is 11.9. The van der Waals surface area contributed by atoms with Crippen molar-refractivity contribution in [1.29, 1.82) is 0 Å². The van der Waals surface area contributed by atoms with Gasteiger partial charge in [-0.2, -0.15) is 0 Å². The predicted octanol–water partition coefficient (Wildman–Crippen LogP) is 5.09. The Bertz CT molecular complexity index is 1670. The molecule has 0 fully saturated rings. The van der Waals surface area contributed by atoms with Gasteiger partial charge in [-0.25, -0.2) is 30.9 Å². The average Bonchev–Trinajstić information content (AvgIpc) is 2.77. The van der Waals surface area contributed by atoms with Crippen LogP contribution in [0.25, 0.3) is 11.8 Å². The highest BCUT2D eigenvalue weighted by atomic mass is 35.5. The van der Waals surface area contributed by atoms with Gasteiger partial charge in [0, 0.05) is 29.2 Å². The number of alkyl halides is 2. The number of hydrogen-bond donors (Lipinski definition) is 0. The molecule has 37 heavy (non-hydrogen) atoms. The Morgan fingerprint density at radius 1 is 1.00 bits per heavy atom. The molecule has 0 spiro atoms. The molecule has 1 amide bonds. The number of sulfonamides is 1. The molecule has 0 bridgehead atoms. The molecule has 0 aliphatic heterocycles. The van der Waals surface area contributed by atoms with Crippen molar-refractivity contribution in [3.63, 3.8) is 0 Å². The molecule has 0 unspecified atom stereocenters. The number of halogens is 6. The Morgan fingerprint density at radius 2 is 1.65 bits per heavy atom. The first-order valence-corrected chi connectivity index (χ1v) is 13.3. The zero-order valence-electron chi connectivity index (χ0n) is 18.8. The summed E-state index contributed by atoms with van der Waals surface area (Å²) in [5.41, 5.74) is -3.68. The van der Waals surface area contributed by atoms with Gasteiger partial charge in [-0.05, 0) is 35.9 Å². The van der Waals surface area contributed by atoms with E-state index in [9.17, 15) is 31.6 Å². The number of anilines is 1. The molecule has 1 heterocycles. The van der Waals surface area contributed by atoms with Crippen molar-refractivity contribution in [2.75, 3.05) is 10.6 Å². The van der Waals surface area contributed by atoms with Crippen LogP contribution in [-0.4, -0.2) is 29.7 Å². The summed E-state index contributed by atoms with van der Waals surface area (Å²) in [4.78, 5) is 38.3. The van der Waals surface area contributed by atoms with Gasteiger partial charge in [0.15, 0.2) is 0 Å². The fraction of sp³-hybridized carbons (Fsp3) is 0.136. The lowest BCUT2D eigenvalue weighted by Gasteiger charge is -2.22. The van der Waals surface area contributed by atoms with Gasteiger partial charge in [-0.1, -0.05) is 52.5 Å². The van der Waals surface area contributed by atoms with Crippen LogP contribution in [0.2, 0.25) is 20.1 Å². The number of carbonyl (C=O) groups excluding carboxylic acids is 1. The Balaban J connectivity index is 2.20. The van der Waals surface area contributed by atoms with Crippen molar-refractivity contribution < 1.29 is 22.0 Å². The highest BCUT2D eigenvalue weighted by Gasteiger charge is 2.28. The second kappa shape index (κ2) is 11.0. The Morgan fingerprint density at radius 3 is 2.22 bits per heavy atom. The average molecular weight is 613 g/mol. The summed E-state index contributed by atoms with van der Waals surface area (Å²) in [7, 11) is -3.32. The van der Waals surface area contributed by atoms with E-state index in [1.165, 1.54) is 24.3 Å². The highest BCUT2D eigenvalue weighted by Crippen LogP contribution is 2.35. The zero-order valence-corrected chi connectivity index (χ0v) is 22.6. The molecule has 1 aromatic heterocycles. The maximum absolute atomic E-state index is 13.2. The molecule has 0 aliphatic rings. The first-order valence-electron chi connectivity index (χ1n) is 9.91. The van der Waals surface area contributed by atoms with Crippen LogP contribution >= 0.6 is 46.4 Å². The monoisotopic (exact) mass is 611 g/mol. The van der Waals surface area contributed by atoms with Gasteiger partial charge in [0.2, 0.25) is 10.0 Å². The molecule has 0 atom stereocenters. The number of nitrogens with zero attached hydrogens (tertiary/aromatic N) is 3. The second-order valence-electron chi connectivity index (χ2n) is 7.50. The predicted molar refractivity (Wildman–Crippen MR) is 140 cm³/mol. The molecule has 0 saturated heterocycles. The van der Waals surface area contributed by atoms with Gasteiger partial charge in [-0.3, -0.25) is 14.2 Å². The van der Waals surface area contributed by atoms with Crippen LogP contribution in [0.5, 0.6) is 0 Å². The van der Waals surface area contributed by atoms with E-state index in [1.54, 1.807) is 0 Å². The van der Waals surface area contributed by atoms with Gasteiger partial charge in [-0.15, -0.1) is 0 Å². The second-order valence-corrected chi connectivity index (χ2v) is 11.0. The third-order valence-corrected chi connectivity index (χ3v) is 7.16. The van der Waals surface area contributed by atoms with E-state index >= 15 is 0 Å². The first-order chi connectivity index (χ1) is 17.1. The number of amides is 1. The van der Waals surface area contributed by atoms with E-state index in [-0.39, 0.29) is 15.1 Å². The summed E-state index contributed by atoms with van der Waals surface area (Å²) in [6.45, 7) is 0. The lowest BCUT2D eigenvalue weighted by Crippen LogP contribution is -2.39. The number of benzene rings is 2. The third-order valence-electron chi connectivity index (χ3n) is 4.96. The van der Waals surface area contributed by atoms with Crippen LogP contribution < -0.4 is 15.6 Å². The molecule has 0 aliphatic carbocycles. The van der Waals surface area contributed by atoms with E-state index in [4.69, 9.17) is 46.4 Å². The summed E-state index contributed by atoms with van der Waals surface area (Å²) < 4.78 is 52.9. The minimum atomic E-state index is -4.34. The SMILES string of the molecule is Cn1c(C(F)F)cc(=O)n(-c2cc(N(C(=O)/C=C/c3ccc(Cl)cc3Cl)S(C)(=O)=O)c(Cl)cc2Cl)c1=O. The molecule has 3 rings (SSSR count). The molecule has 3 aromatic rings. The summed E-state index contributed by atoms with van der Waals surface area (Å²) >= 11 is 24.3. The van der Waals surface area contributed by atoms with Gasteiger partial charge >= 0.3 is 5.69 Å². The van der Waals surface area contributed by atoms with Crippen LogP contribution in [-0.2, 0) is 21.9 Å². The van der Waals surface area contributed by atoms with E-state index in [1.807, 2.05) is 0 Å². The maximum Gasteiger partial charge on any atom is 0.335 e. The molecular weight excluding hydrogens is 598 g/mol. The smallest absolute Gasteiger partial charge is 0.295 e. The van der Waals surface area contributed by atoms with Crippen LogP contribution in [0, 0.1) is 0 Å². The Kier molecular flexibility index (Phi) is 8.55. The van der Waals surface area contributed by atoms with Crippen molar-refractivity contribution in [2.24, 2.45) is 7.05 Å². The fourth-order valence-electron chi connectivity index (χ4n) is 3.25. The summed E-state index contributed by atoms with van der Waals surface area (Å²) in [5.74, 6) is -1.09. The van der Waals surface area contributed by atoms with Crippen LogP contribution in [0.3, 0.4) is 0 Å². The largest absolute Gasteiger partial charge is 0.335 e. The van der Waals surface area contributed by atoms with Crippen LogP contribution in [0.15, 0.2) is 52.1 Å². The molecule has 8 nitrogen and oxygen atoms in total. The lowest BCUT2D eigenvalue weighted by molar-refractivity contribution is -0.113.